The van der Waals surface area contributed by atoms with E-state index >= 15 is 0 Å². The smallest absolute Gasteiger partial charge is 0.490 e. The molecule has 0 radical (unpaired) electrons. The molecule has 0 aliphatic carbocycles. The van der Waals surface area contributed by atoms with Crippen LogP contribution in [0, 0.1) is 11.3 Å². The molecular weight excluding hydrogens is 460 g/mol. The van der Waals surface area contributed by atoms with Crippen LogP contribution >= 0.6 is 0 Å². The first kappa shape index (κ1) is 25.7. The van der Waals surface area contributed by atoms with Crippen molar-refractivity contribution >= 4 is 11.8 Å². The van der Waals surface area contributed by atoms with Crippen LogP contribution < -0.4 is 15.0 Å². The maximum absolute atomic E-state index is 13.3. The highest BCUT2D eigenvalue weighted by molar-refractivity contribution is 5.73. The van der Waals surface area contributed by atoms with Crippen molar-refractivity contribution in [1.29, 1.82) is 5.26 Å². The van der Waals surface area contributed by atoms with Gasteiger partial charge < -0.3 is 20.1 Å². The number of aromatic nitrogens is 2. The largest absolute Gasteiger partial charge is 0.496 e. The van der Waals surface area contributed by atoms with Crippen molar-refractivity contribution in [2.75, 3.05) is 38.2 Å². The van der Waals surface area contributed by atoms with E-state index in [2.05, 4.69) is 15.3 Å². The maximum atomic E-state index is 13.3. The third-order valence-corrected chi connectivity index (χ3v) is 4.30. The summed E-state index contributed by atoms with van der Waals surface area (Å²) in [6.07, 6.45) is -9.65. The van der Waals surface area contributed by atoms with Gasteiger partial charge in [0.15, 0.2) is 0 Å². The van der Waals surface area contributed by atoms with Crippen molar-refractivity contribution in [1.82, 2.24) is 15.3 Å². The van der Waals surface area contributed by atoms with Crippen molar-refractivity contribution in [3.63, 3.8) is 0 Å². The zero-order valence-corrected chi connectivity index (χ0v) is 17.0. The Hall–Kier alpha value is -3.60. The summed E-state index contributed by atoms with van der Waals surface area (Å²) in [7, 11) is 1.19. The molecule has 0 bridgehead atoms. The lowest BCUT2D eigenvalue weighted by Crippen LogP contribution is -2.44. The van der Waals surface area contributed by atoms with Crippen LogP contribution in [-0.2, 0) is 11.0 Å². The number of methoxy groups -OCH3 is 1. The second-order valence-electron chi connectivity index (χ2n) is 6.50. The number of halogens is 6. The molecule has 1 aromatic carbocycles. The van der Waals surface area contributed by atoms with Crippen LogP contribution in [0.2, 0.25) is 0 Å². The van der Waals surface area contributed by atoms with E-state index in [0.29, 0.717) is 18.9 Å². The topological polar surface area (TPSA) is 111 Å². The number of nitrogens with zero attached hydrogens (tertiary/aromatic N) is 4. The summed E-state index contributed by atoms with van der Waals surface area (Å²) in [5, 5.41) is 19.5. The Morgan fingerprint density at radius 2 is 1.76 bits per heavy atom. The Balaban J connectivity index is 0.000000479. The van der Waals surface area contributed by atoms with Gasteiger partial charge in [-0.15, -0.1) is 0 Å². The summed E-state index contributed by atoms with van der Waals surface area (Å²) in [6, 6.07) is 7.19. The molecule has 33 heavy (non-hydrogen) atoms. The van der Waals surface area contributed by atoms with Gasteiger partial charge in [0, 0.05) is 37.8 Å². The summed E-state index contributed by atoms with van der Waals surface area (Å²) < 4.78 is 76.3. The number of carboxylic acid groups (broad SMARTS) is 1. The number of nitrogens with one attached hydrogen (secondary N) is 1. The number of aliphatic carboxylic acids is 1. The minimum Gasteiger partial charge on any atom is -0.496 e. The van der Waals surface area contributed by atoms with Crippen LogP contribution in [0.15, 0.2) is 24.3 Å². The van der Waals surface area contributed by atoms with Crippen molar-refractivity contribution in [3.8, 4) is 23.1 Å². The number of anilines is 1. The lowest BCUT2D eigenvalue weighted by atomic mass is 10.1. The minimum absolute atomic E-state index is 0.0830. The van der Waals surface area contributed by atoms with E-state index in [9.17, 15) is 31.6 Å². The van der Waals surface area contributed by atoms with Crippen LogP contribution in [0.3, 0.4) is 0 Å². The number of carboxylic acids is 1. The van der Waals surface area contributed by atoms with Gasteiger partial charge in [-0.2, -0.15) is 31.6 Å². The number of hydrogen-bond acceptors (Lipinski definition) is 7. The highest BCUT2D eigenvalue weighted by Gasteiger charge is 2.38. The summed E-state index contributed by atoms with van der Waals surface area (Å²) in [4.78, 5) is 19.1. The highest BCUT2D eigenvalue weighted by atomic mass is 19.4. The predicted molar refractivity (Wildman–Crippen MR) is 103 cm³/mol. The van der Waals surface area contributed by atoms with E-state index in [4.69, 9.17) is 14.6 Å². The molecule has 8 nitrogen and oxygen atoms in total. The number of piperazine rings is 1. The standard InChI is InChI=1S/C17H16F3N5O.C2HF3O2/c1-26-14-3-2-11(8-12(14)17(18,19)20)13-9-16(24-15(10-21)23-13)25-6-4-22-5-7-25;3-2(4,5)1(6)7/h2-3,8-9,22H,4-7H2,1H3;(H,6,7). The van der Waals surface area contributed by atoms with E-state index < -0.39 is 23.9 Å². The Bertz CT molecular complexity index is 1030. The van der Waals surface area contributed by atoms with Crippen LogP contribution in [0.1, 0.15) is 11.4 Å². The molecular formula is C19H17F6N5O3. The second-order valence-corrected chi connectivity index (χ2v) is 6.50. The number of carbonyl (C=O) groups is 1. The molecule has 1 saturated heterocycles. The number of alkyl halides is 6. The first-order valence-electron chi connectivity index (χ1n) is 9.17. The van der Waals surface area contributed by atoms with E-state index in [1.54, 1.807) is 6.07 Å². The average Bonchev–Trinajstić information content (AvgIpc) is 2.78. The van der Waals surface area contributed by atoms with Gasteiger partial charge in [0.2, 0.25) is 5.82 Å². The molecule has 14 heteroatoms. The van der Waals surface area contributed by atoms with Gasteiger partial charge in [0.1, 0.15) is 17.6 Å². The first-order chi connectivity index (χ1) is 15.4. The molecule has 0 spiro atoms. The summed E-state index contributed by atoms with van der Waals surface area (Å²) in [5.74, 6) is -2.58. The summed E-state index contributed by atoms with van der Waals surface area (Å²) in [6.45, 7) is 2.92. The number of hydrogen-bond donors (Lipinski definition) is 2. The molecule has 3 rings (SSSR count). The van der Waals surface area contributed by atoms with Gasteiger partial charge in [-0.25, -0.2) is 14.8 Å². The SMILES string of the molecule is COc1ccc(-c2cc(N3CCNCC3)nc(C#N)n2)cc1C(F)(F)F.O=C(O)C(F)(F)F. The highest BCUT2D eigenvalue weighted by Crippen LogP contribution is 2.38. The molecule has 1 aliphatic rings. The van der Waals surface area contributed by atoms with E-state index in [-0.39, 0.29) is 22.8 Å². The van der Waals surface area contributed by atoms with Crippen LogP contribution in [0.5, 0.6) is 5.75 Å². The Morgan fingerprint density at radius 1 is 1.15 bits per heavy atom. The first-order valence-corrected chi connectivity index (χ1v) is 9.17. The number of rotatable bonds is 3. The minimum atomic E-state index is -5.08. The lowest BCUT2D eigenvalue weighted by molar-refractivity contribution is -0.192. The van der Waals surface area contributed by atoms with Gasteiger partial charge in [0.25, 0.3) is 0 Å². The van der Waals surface area contributed by atoms with Crippen LogP contribution in [0.4, 0.5) is 32.2 Å². The molecule has 1 aliphatic heterocycles. The third-order valence-electron chi connectivity index (χ3n) is 4.30. The molecule has 178 valence electrons. The molecule has 0 amide bonds. The van der Waals surface area contributed by atoms with E-state index in [0.717, 1.165) is 19.2 Å². The molecule has 0 unspecified atom stereocenters. The van der Waals surface area contributed by atoms with Gasteiger partial charge >= 0.3 is 18.3 Å². The van der Waals surface area contributed by atoms with Crippen LogP contribution in [-0.4, -0.2) is 60.5 Å². The van der Waals surface area contributed by atoms with Gasteiger partial charge in [-0.05, 0) is 18.2 Å². The van der Waals surface area contributed by atoms with Crippen molar-refractivity contribution in [2.45, 2.75) is 12.4 Å². The molecule has 2 heterocycles. The van der Waals surface area contributed by atoms with Crippen molar-refractivity contribution in [2.24, 2.45) is 0 Å². The molecule has 2 aromatic rings. The van der Waals surface area contributed by atoms with Gasteiger partial charge in [0.05, 0.1) is 18.4 Å². The zero-order valence-electron chi connectivity index (χ0n) is 17.0. The maximum Gasteiger partial charge on any atom is 0.490 e. The fourth-order valence-electron chi connectivity index (χ4n) is 2.78. The molecule has 0 saturated carbocycles. The lowest BCUT2D eigenvalue weighted by Gasteiger charge is -2.28. The van der Waals surface area contributed by atoms with Crippen molar-refractivity contribution < 1.29 is 41.0 Å². The predicted octanol–water partition coefficient (Wildman–Crippen LogP) is 3.09. The summed E-state index contributed by atoms with van der Waals surface area (Å²) in [5.41, 5.74) is -0.384. The number of nitriles is 1. The molecule has 2 N–H and O–H groups in total. The molecule has 1 aromatic heterocycles. The van der Waals surface area contributed by atoms with Gasteiger partial charge in [-0.1, -0.05) is 0 Å². The third kappa shape index (κ3) is 6.94. The van der Waals surface area contributed by atoms with Crippen molar-refractivity contribution in [3.05, 3.63) is 35.7 Å². The Labute approximate surface area is 183 Å². The number of ether oxygens (including phenoxy) is 1. The fraction of sp³-hybridized carbons (Fsp3) is 0.368. The second kappa shape index (κ2) is 10.3. The monoisotopic (exact) mass is 477 g/mol. The quantitative estimate of drug-likeness (QED) is 0.649. The molecule has 1 fully saturated rings. The summed E-state index contributed by atoms with van der Waals surface area (Å²) >= 11 is 0. The van der Waals surface area contributed by atoms with E-state index in [1.165, 1.54) is 19.2 Å². The zero-order chi connectivity index (χ0) is 24.8. The number of benzene rings is 1. The Kier molecular flexibility index (Phi) is 8.04. The fourth-order valence-corrected chi connectivity index (χ4v) is 2.78. The van der Waals surface area contributed by atoms with Gasteiger partial charge in [-0.3, -0.25) is 0 Å². The normalized spacial score (nSPS) is 14.1. The van der Waals surface area contributed by atoms with E-state index in [1.807, 2.05) is 11.0 Å². The molecule has 0 atom stereocenters. The Morgan fingerprint density at radius 3 is 2.24 bits per heavy atom. The average molecular weight is 477 g/mol. The van der Waals surface area contributed by atoms with Crippen LogP contribution in [0.25, 0.3) is 11.3 Å².